The molecule has 5 heteroatoms. The van der Waals surface area contributed by atoms with Crippen molar-refractivity contribution in [3.8, 4) is 5.75 Å². The molecule has 0 saturated heterocycles. The third-order valence-corrected chi connectivity index (χ3v) is 1.71. The van der Waals surface area contributed by atoms with Crippen LogP contribution < -0.4 is 4.74 Å². The molecule has 0 unspecified atom stereocenters. The van der Waals surface area contributed by atoms with E-state index in [1.807, 2.05) is 0 Å². The van der Waals surface area contributed by atoms with Crippen molar-refractivity contribution < 1.29 is 23.5 Å². The van der Waals surface area contributed by atoms with Gasteiger partial charge in [0.15, 0.2) is 11.6 Å². The maximum absolute atomic E-state index is 13.6. The van der Waals surface area contributed by atoms with Gasteiger partial charge in [0.2, 0.25) is 0 Å². The zero-order valence-corrected chi connectivity index (χ0v) is 8.95. The van der Waals surface area contributed by atoms with Gasteiger partial charge in [0.25, 0.3) is 0 Å². The predicted molar refractivity (Wildman–Crippen MR) is 53.7 cm³/mol. The van der Waals surface area contributed by atoms with Gasteiger partial charge in [0.1, 0.15) is 0 Å². The van der Waals surface area contributed by atoms with Gasteiger partial charge in [0.05, 0.1) is 12.2 Å². The lowest BCUT2D eigenvalue weighted by Gasteiger charge is -2.06. The maximum Gasteiger partial charge on any atom is 0.341 e. The minimum Gasteiger partial charge on any atom is -0.462 e. The molecule has 0 radical (unpaired) electrons. The van der Waals surface area contributed by atoms with Gasteiger partial charge in [-0.2, -0.15) is 0 Å². The van der Waals surface area contributed by atoms with E-state index >= 15 is 0 Å². The van der Waals surface area contributed by atoms with Crippen molar-refractivity contribution >= 4 is 11.9 Å². The van der Waals surface area contributed by atoms with Crippen LogP contribution in [-0.2, 0) is 9.53 Å². The second-order valence-corrected chi connectivity index (χ2v) is 2.93. The molecule has 0 N–H and O–H groups in total. The van der Waals surface area contributed by atoms with E-state index < -0.39 is 17.8 Å². The second-order valence-electron chi connectivity index (χ2n) is 2.93. The molecular weight excluding hydrogens is 215 g/mol. The van der Waals surface area contributed by atoms with Gasteiger partial charge in [0, 0.05) is 6.92 Å². The van der Waals surface area contributed by atoms with Crippen LogP contribution in [0, 0.1) is 5.82 Å². The highest BCUT2D eigenvalue weighted by atomic mass is 19.1. The van der Waals surface area contributed by atoms with E-state index in [1.165, 1.54) is 18.2 Å². The third-order valence-electron chi connectivity index (χ3n) is 1.71. The van der Waals surface area contributed by atoms with E-state index in [9.17, 15) is 14.0 Å². The molecule has 4 nitrogen and oxygen atoms in total. The first-order valence-corrected chi connectivity index (χ1v) is 4.70. The fourth-order valence-electron chi connectivity index (χ4n) is 1.11. The van der Waals surface area contributed by atoms with E-state index in [-0.39, 0.29) is 17.9 Å². The average Bonchev–Trinajstić information content (AvgIpc) is 2.21. The molecule has 1 aromatic carbocycles. The summed E-state index contributed by atoms with van der Waals surface area (Å²) in [7, 11) is 0. The number of carbonyl (C=O) groups is 2. The van der Waals surface area contributed by atoms with Crippen molar-refractivity contribution in [2.45, 2.75) is 13.8 Å². The average molecular weight is 226 g/mol. The second kappa shape index (κ2) is 5.25. The van der Waals surface area contributed by atoms with E-state index in [4.69, 9.17) is 0 Å². The van der Waals surface area contributed by atoms with E-state index in [1.54, 1.807) is 6.92 Å². The van der Waals surface area contributed by atoms with E-state index in [2.05, 4.69) is 9.47 Å². The Morgan fingerprint density at radius 2 is 2.06 bits per heavy atom. The summed E-state index contributed by atoms with van der Waals surface area (Å²) in [5, 5.41) is 0. The van der Waals surface area contributed by atoms with Crippen LogP contribution in [0.5, 0.6) is 5.75 Å². The standard InChI is InChI=1S/C11H11FO4/c1-3-15-11(14)8-5-4-6-9(10(8)12)16-7(2)13/h4-6H,3H2,1-2H3. The molecular formula is C11H11FO4. The minimum absolute atomic E-state index is 0.149. The number of hydrogen-bond donors (Lipinski definition) is 0. The van der Waals surface area contributed by atoms with Crippen LogP contribution in [0.1, 0.15) is 24.2 Å². The van der Waals surface area contributed by atoms with E-state index in [0.717, 1.165) is 6.92 Å². The number of hydrogen-bond acceptors (Lipinski definition) is 4. The molecule has 0 atom stereocenters. The van der Waals surface area contributed by atoms with Crippen LogP contribution in [-0.4, -0.2) is 18.5 Å². The molecule has 86 valence electrons. The van der Waals surface area contributed by atoms with Crippen molar-refractivity contribution in [3.05, 3.63) is 29.6 Å². The molecule has 16 heavy (non-hydrogen) atoms. The third kappa shape index (κ3) is 2.79. The predicted octanol–water partition coefficient (Wildman–Crippen LogP) is 1.93. The monoisotopic (exact) mass is 226 g/mol. The maximum atomic E-state index is 13.6. The van der Waals surface area contributed by atoms with Gasteiger partial charge in [-0.25, -0.2) is 9.18 Å². The topological polar surface area (TPSA) is 52.6 Å². The molecule has 0 spiro atoms. The van der Waals surface area contributed by atoms with Gasteiger partial charge in [-0.1, -0.05) is 6.07 Å². The zero-order chi connectivity index (χ0) is 12.1. The number of rotatable bonds is 3. The molecule has 0 fully saturated rings. The Morgan fingerprint density at radius 3 is 2.62 bits per heavy atom. The summed E-state index contributed by atoms with van der Waals surface area (Å²) in [4.78, 5) is 22.0. The van der Waals surface area contributed by atoms with Crippen LogP contribution in [0.15, 0.2) is 18.2 Å². The van der Waals surface area contributed by atoms with Crippen molar-refractivity contribution in [1.29, 1.82) is 0 Å². The number of carbonyl (C=O) groups excluding carboxylic acids is 2. The van der Waals surface area contributed by atoms with Gasteiger partial charge in [-0.15, -0.1) is 0 Å². The highest BCUT2D eigenvalue weighted by Gasteiger charge is 2.17. The molecule has 0 heterocycles. The molecule has 0 aromatic heterocycles. The lowest BCUT2D eigenvalue weighted by atomic mass is 10.2. The fourth-order valence-corrected chi connectivity index (χ4v) is 1.11. The Labute approximate surface area is 92.0 Å². The highest BCUT2D eigenvalue weighted by molar-refractivity contribution is 5.90. The molecule has 0 bridgehead atoms. The Morgan fingerprint density at radius 1 is 1.38 bits per heavy atom. The van der Waals surface area contributed by atoms with Crippen molar-refractivity contribution in [2.24, 2.45) is 0 Å². The van der Waals surface area contributed by atoms with Crippen molar-refractivity contribution in [2.75, 3.05) is 6.61 Å². The van der Waals surface area contributed by atoms with Gasteiger partial charge >= 0.3 is 11.9 Å². The summed E-state index contributed by atoms with van der Waals surface area (Å²) in [6, 6.07) is 3.94. The molecule has 0 aliphatic heterocycles. The first-order chi connectivity index (χ1) is 7.56. The van der Waals surface area contributed by atoms with Gasteiger partial charge in [-0.05, 0) is 19.1 Å². The normalized spacial score (nSPS) is 9.69. The van der Waals surface area contributed by atoms with Crippen molar-refractivity contribution in [3.63, 3.8) is 0 Å². The lowest BCUT2D eigenvalue weighted by molar-refractivity contribution is -0.132. The molecule has 0 amide bonds. The van der Waals surface area contributed by atoms with Crippen LogP contribution in [0.25, 0.3) is 0 Å². The highest BCUT2D eigenvalue weighted by Crippen LogP contribution is 2.21. The molecule has 0 aliphatic carbocycles. The van der Waals surface area contributed by atoms with Gasteiger partial charge < -0.3 is 9.47 Å². The first kappa shape index (κ1) is 12.2. The Hall–Kier alpha value is -1.91. The summed E-state index contributed by atoms with van der Waals surface area (Å²) in [6.07, 6.45) is 0. The van der Waals surface area contributed by atoms with Crippen LogP contribution in [0.2, 0.25) is 0 Å². The SMILES string of the molecule is CCOC(=O)c1cccc(OC(C)=O)c1F. The number of ether oxygens (including phenoxy) is 2. The summed E-state index contributed by atoms with van der Waals surface area (Å²) in [5.41, 5.74) is -0.249. The Balaban J connectivity index is 3.03. The number of benzene rings is 1. The molecule has 1 aromatic rings. The van der Waals surface area contributed by atoms with Gasteiger partial charge in [-0.3, -0.25) is 4.79 Å². The number of esters is 2. The van der Waals surface area contributed by atoms with Crippen LogP contribution in [0.4, 0.5) is 4.39 Å². The Kier molecular flexibility index (Phi) is 3.99. The quantitative estimate of drug-likeness (QED) is 0.583. The summed E-state index contributed by atoms with van der Waals surface area (Å²) >= 11 is 0. The smallest absolute Gasteiger partial charge is 0.341 e. The Bertz CT molecular complexity index is 414. The molecule has 0 aliphatic rings. The number of halogens is 1. The largest absolute Gasteiger partial charge is 0.462 e. The minimum atomic E-state index is -0.892. The van der Waals surface area contributed by atoms with Crippen LogP contribution >= 0.6 is 0 Å². The van der Waals surface area contributed by atoms with Crippen molar-refractivity contribution in [1.82, 2.24) is 0 Å². The first-order valence-electron chi connectivity index (χ1n) is 4.70. The van der Waals surface area contributed by atoms with E-state index in [0.29, 0.717) is 0 Å². The fraction of sp³-hybridized carbons (Fsp3) is 0.273. The summed E-state index contributed by atoms with van der Waals surface area (Å²) in [5.74, 6) is -2.61. The molecule has 0 saturated carbocycles. The zero-order valence-electron chi connectivity index (χ0n) is 8.95. The summed E-state index contributed by atoms with van der Waals surface area (Å²) < 4.78 is 22.9. The van der Waals surface area contributed by atoms with Crippen LogP contribution in [0.3, 0.4) is 0 Å². The summed E-state index contributed by atoms with van der Waals surface area (Å²) in [6.45, 7) is 2.91. The molecule has 1 rings (SSSR count). The lowest BCUT2D eigenvalue weighted by Crippen LogP contribution is -2.10.